The van der Waals surface area contributed by atoms with Gasteiger partial charge in [0.05, 0.1) is 25.5 Å². The number of benzene rings is 2. The number of carbonyl (C=O) groups is 2. The van der Waals surface area contributed by atoms with E-state index in [1.165, 1.54) is 0 Å². The van der Waals surface area contributed by atoms with E-state index in [0.29, 0.717) is 28.3 Å². The van der Waals surface area contributed by atoms with Crippen LogP contribution in [0.1, 0.15) is 33.6 Å². The van der Waals surface area contributed by atoms with Crippen LogP contribution < -0.4 is 19.7 Å². The van der Waals surface area contributed by atoms with Gasteiger partial charge in [0.25, 0.3) is 11.8 Å². The van der Waals surface area contributed by atoms with E-state index in [0.717, 1.165) is 25.1 Å². The Kier molecular flexibility index (Phi) is 4.58. The molecule has 0 unspecified atom stereocenters. The van der Waals surface area contributed by atoms with E-state index in [4.69, 9.17) is 9.47 Å². The van der Waals surface area contributed by atoms with Crippen molar-refractivity contribution in [3.05, 3.63) is 47.5 Å². The lowest BCUT2D eigenvalue weighted by Crippen LogP contribution is -2.50. The highest BCUT2D eigenvalue weighted by atomic mass is 16.5. The summed E-state index contributed by atoms with van der Waals surface area (Å²) in [6.45, 7) is 0.787. The van der Waals surface area contributed by atoms with Crippen molar-refractivity contribution in [1.29, 1.82) is 0 Å². The van der Waals surface area contributed by atoms with Gasteiger partial charge in [-0.05, 0) is 43.2 Å². The molecule has 2 aromatic carbocycles. The van der Waals surface area contributed by atoms with E-state index < -0.39 is 0 Å². The number of anilines is 2. The van der Waals surface area contributed by atoms with Crippen LogP contribution in [-0.2, 0) is 0 Å². The summed E-state index contributed by atoms with van der Waals surface area (Å²) in [7, 11) is 5.09. The molecular formula is C21H23N3O4. The summed E-state index contributed by atoms with van der Waals surface area (Å²) in [4.78, 5) is 29.5. The summed E-state index contributed by atoms with van der Waals surface area (Å²) >= 11 is 0. The molecule has 2 aliphatic rings. The van der Waals surface area contributed by atoms with E-state index in [1.807, 2.05) is 11.9 Å². The van der Waals surface area contributed by atoms with Crippen molar-refractivity contribution in [3.8, 4) is 11.5 Å². The number of hydrogen-bond acceptors (Lipinski definition) is 5. The fourth-order valence-electron chi connectivity index (χ4n) is 3.97. The maximum Gasteiger partial charge on any atom is 0.257 e. The number of ether oxygens (including phenoxy) is 2. The number of amides is 2. The smallest absolute Gasteiger partial charge is 0.257 e. The van der Waals surface area contributed by atoms with Crippen molar-refractivity contribution >= 4 is 23.2 Å². The van der Waals surface area contributed by atoms with Crippen LogP contribution in [0.2, 0.25) is 0 Å². The molecule has 28 heavy (non-hydrogen) atoms. The first-order valence-electron chi connectivity index (χ1n) is 9.24. The Morgan fingerprint density at radius 2 is 1.89 bits per heavy atom. The van der Waals surface area contributed by atoms with Gasteiger partial charge in [-0.15, -0.1) is 0 Å². The molecule has 0 spiro atoms. The average molecular weight is 381 g/mol. The Morgan fingerprint density at radius 1 is 1.11 bits per heavy atom. The largest absolute Gasteiger partial charge is 0.493 e. The minimum absolute atomic E-state index is 0.0439. The van der Waals surface area contributed by atoms with Gasteiger partial charge in [0.2, 0.25) is 0 Å². The van der Waals surface area contributed by atoms with Crippen LogP contribution >= 0.6 is 0 Å². The van der Waals surface area contributed by atoms with Crippen LogP contribution in [0.3, 0.4) is 0 Å². The fraction of sp³-hybridized carbons (Fsp3) is 0.333. The zero-order valence-electron chi connectivity index (χ0n) is 16.2. The zero-order chi connectivity index (χ0) is 19.8. The molecule has 0 aromatic heterocycles. The topological polar surface area (TPSA) is 71.1 Å². The van der Waals surface area contributed by atoms with Crippen LogP contribution in [0.4, 0.5) is 11.4 Å². The maximum atomic E-state index is 12.8. The first-order chi connectivity index (χ1) is 13.5. The molecule has 2 aliphatic heterocycles. The Hall–Kier alpha value is -3.22. The van der Waals surface area contributed by atoms with Crippen LogP contribution in [0.15, 0.2) is 36.4 Å². The highest BCUT2D eigenvalue weighted by Crippen LogP contribution is 2.36. The van der Waals surface area contributed by atoms with Crippen LogP contribution in [-0.4, -0.2) is 50.7 Å². The van der Waals surface area contributed by atoms with Crippen molar-refractivity contribution < 1.29 is 19.1 Å². The summed E-state index contributed by atoms with van der Waals surface area (Å²) in [6.07, 6.45) is 2.02. The van der Waals surface area contributed by atoms with Gasteiger partial charge in [0, 0.05) is 30.9 Å². The van der Waals surface area contributed by atoms with Gasteiger partial charge in [-0.2, -0.15) is 0 Å². The Morgan fingerprint density at radius 3 is 2.64 bits per heavy atom. The van der Waals surface area contributed by atoms with Gasteiger partial charge in [0.15, 0.2) is 11.5 Å². The average Bonchev–Trinajstić information content (AvgIpc) is 3.22. The molecule has 7 nitrogen and oxygen atoms in total. The van der Waals surface area contributed by atoms with Gasteiger partial charge in [-0.3, -0.25) is 9.59 Å². The second-order valence-corrected chi connectivity index (χ2v) is 6.99. The number of fused-ring (bicyclic) bond motifs is 2. The third-order valence-electron chi connectivity index (χ3n) is 5.44. The Bertz CT molecular complexity index is 943. The second kappa shape index (κ2) is 7.07. The van der Waals surface area contributed by atoms with Crippen LogP contribution in [0, 0.1) is 0 Å². The summed E-state index contributed by atoms with van der Waals surface area (Å²) in [6, 6.07) is 10.4. The van der Waals surface area contributed by atoms with E-state index in [1.54, 1.807) is 50.6 Å². The number of nitrogens with zero attached hydrogens (tertiary/aromatic N) is 2. The van der Waals surface area contributed by atoms with Crippen molar-refractivity contribution in [3.63, 3.8) is 0 Å². The number of carbonyl (C=O) groups excluding carboxylic acids is 2. The monoisotopic (exact) mass is 381 g/mol. The van der Waals surface area contributed by atoms with Gasteiger partial charge in [0.1, 0.15) is 6.17 Å². The molecule has 1 saturated heterocycles. The zero-order valence-corrected chi connectivity index (χ0v) is 16.2. The first-order valence-corrected chi connectivity index (χ1v) is 9.24. The lowest BCUT2D eigenvalue weighted by Gasteiger charge is -2.40. The molecule has 0 bridgehead atoms. The minimum atomic E-state index is -0.246. The molecule has 0 saturated carbocycles. The van der Waals surface area contributed by atoms with E-state index in [9.17, 15) is 9.59 Å². The Labute approximate surface area is 163 Å². The normalized spacial score (nSPS) is 17.8. The maximum absolute atomic E-state index is 12.8. The first kappa shape index (κ1) is 18.2. The lowest BCUT2D eigenvalue weighted by atomic mass is 10.0. The number of hydrogen-bond donors (Lipinski definition) is 1. The third kappa shape index (κ3) is 2.93. The van der Waals surface area contributed by atoms with E-state index >= 15 is 0 Å². The standard InChI is InChI=1S/C21H23N3O4/c1-23-16-11-13(6-8-15(16)21(26)24-10-4-5-19(23)24)20(25)22-14-7-9-17(27-2)18(12-14)28-3/h6-9,11-12,19H,4-5,10H2,1-3H3,(H,22,25)/t19-/m0/s1. The molecule has 2 aromatic rings. The SMILES string of the molecule is COc1ccc(NC(=O)c2ccc3c(c2)N(C)[C@@H]2CCCN2C3=O)cc1OC. The quantitative estimate of drug-likeness (QED) is 0.882. The third-order valence-corrected chi connectivity index (χ3v) is 5.44. The summed E-state index contributed by atoms with van der Waals surface area (Å²) < 4.78 is 10.5. The summed E-state index contributed by atoms with van der Waals surface area (Å²) in [5, 5.41) is 2.88. The van der Waals surface area contributed by atoms with Crippen LogP contribution in [0.5, 0.6) is 11.5 Å². The number of methoxy groups -OCH3 is 2. The highest BCUT2D eigenvalue weighted by Gasteiger charge is 2.38. The fourth-order valence-corrected chi connectivity index (χ4v) is 3.97. The van der Waals surface area contributed by atoms with Gasteiger partial charge >= 0.3 is 0 Å². The molecule has 1 fully saturated rings. The van der Waals surface area contributed by atoms with Crippen molar-refractivity contribution in [2.75, 3.05) is 38.0 Å². The minimum Gasteiger partial charge on any atom is -0.493 e. The molecule has 4 rings (SSSR count). The van der Waals surface area contributed by atoms with Crippen molar-refractivity contribution in [2.24, 2.45) is 0 Å². The summed E-state index contributed by atoms with van der Waals surface area (Å²) in [5.41, 5.74) is 2.54. The predicted molar refractivity (Wildman–Crippen MR) is 106 cm³/mol. The molecule has 1 atom stereocenters. The molecule has 2 amide bonds. The van der Waals surface area contributed by atoms with Crippen molar-refractivity contribution in [2.45, 2.75) is 19.0 Å². The van der Waals surface area contributed by atoms with E-state index in [2.05, 4.69) is 10.2 Å². The highest BCUT2D eigenvalue weighted by molar-refractivity contribution is 6.08. The molecular weight excluding hydrogens is 358 g/mol. The molecule has 1 N–H and O–H groups in total. The molecule has 7 heteroatoms. The molecule has 0 aliphatic carbocycles. The van der Waals surface area contributed by atoms with Gasteiger partial charge in [-0.1, -0.05) is 0 Å². The molecule has 0 radical (unpaired) electrons. The predicted octanol–water partition coefficient (Wildman–Crippen LogP) is 2.97. The van der Waals surface area contributed by atoms with Crippen molar-refractivity contribution in [1.82, 2.24) is 4.90 Å². The Balaban J connectivity index is 1.60. The molecule has 146 valence electrons. The lowest BCUT2D eigenvalue weighted by molar-refractivity contribution is 0.0719. The number of rotatable bonds is 4. The van der Waals surface area contributed by atoms with Gasteiger partial charge in [-0.25, -0.2) is 0 Å². The second-order valence-electron chi connectivity index (χ2n) is 6.99. The number of nitrogens with one attached hydrogen (secondary N) is 1. The van der Waals surface area contributed by atoms with E-state index in [-0.39, 0.29) is 18.0 Å². The van der Waals surface area contributed by atoms with Crippen LogP contribution in [0.25, 0.3) is 0 Å². The molecule has 2 heterocycles. The summed E-state index contributed by atoms with van der Waals surface area (Å²) in [5.74, 6) is 0.931. The van der Waals surface area contributed by atoms with Gasteiger partial charge < -0.3 is 24.6 Å².